The zero-order chi connectivity index (χ0) is 13.8. The van der Waals surface area contributed by atoms with Gasteiger partial charge in [0.15, 0.2) is 0 Å². The highest BCUT2D eigenvalue weighted by atomic mass is 16.5. The van der Waals surface area contributed by atoms with Crippen LogP contribution in [0.4, 0.5) is 5.88 Å². The summed E-state index contributed by atoms with van der Waals surface area (Å²) in [6.45, 7) is 3.58. The normalized spacial score (nSPS) is 13.8. The first kappa shape index (κ1) is 13.3. The molecule has 0 bridgehead atoms. The molecule has 0 spiro atoms. The van der Waals surface area contributed by atoms with Gasteiger partial charge in [-0.1, -0.05) is 42.4 Å². The maximum Gasteiger partial charge on any atom is 0.231 e. The molecule has 0 saturated heterocycles. The van der Waals surface area contributed by atoms with Crippen molar-refractivity contribution in [1.82, 2.24) is 5.16 Å². The molecule has 2 aromatic rings. The Morgan fingerprint density at radius 3 is 2.63 bits per heavy atom. The quantitative estimate of drug-likeness (QED) is 0.882. The van der Waals surface area contributed by atoms with Crippen LogP contribution >= 0.6 is 0 Å². The highest BCUT2D eigenvalue weighted by molar-refractivity contribution is 5.91. The highest BCUT2D eigenvalue weighted by Crippen LogP contribution is 2.20. The van der Waals surface area contributed by atoms with E-state index in [1.807, 2.05) is 30.3 Å². The summed E-state index contributed by atoms with van der Waals surface area (Å²) < 4.78 is 4.95. The zero-order valence-electron chi connectivity index (χ0n) is 11.0. The molecule has 5 nitrogen and oxygen atoms in total. The van der Waals surface area contributed by atoms with Gasteiger partial charge in [-0.25, -0.2) is 0 Å². The molecular weight excluding hydrogens is 242 g/mol. The Bertz CT molecular complexity index is 551. The van der Waals surface area contributed by atoms with E-state index < -0.39 is 0 Å². The van der Waals surface area contributed by atoms with Gasteiger partial charge in [0, 0.05) is 12.1 Å². The van der Waals surface area contributed by atoms with Crippen molar-refractivity contribution in [2.45, 2.75) is 19.9 Å². The third-order valence-corrected chi connectivity index (χ3v) is 3.01. The lowest BCUT2D eigenvalue weighted by atomic mass is 9.95. The molecule has 2 unspecified atom stereocenters. The zero-order valence-corrected chi connectivity index (χ0v) is 11.0. The minimum absolute atomic E-state index is 0.187. The van der Waals surface area contributed by atoms with E-state index in [0.717, 1.165) is 11.3 Å². The summed E-state index contributed by atoms with van der Waals surface area (Å²) in [5.41, 5.74) is 7.74. The largest absolute Gasteiger partial charge is 0.338 e. The highest BCUT2D eigenvalue weighted by Gasteiger charge is 2.23. The van der Waals surface area contributed by atoms with Gasteiger partial charge in [-0.3, -0.25) is 10.1 Å². The SMILES string of the molecule is Cc1cc(NC(=O)C(C)C(N)c2ccccc2)on1. The van der Waals surface area contributed by atoms with Crippen LogP contribution in [0.25, 0.3) is 0 Å². The van der Waals surface area contributed by atoms with Crippen molar-refractivity contribution in [3.63, 3.8) is 0 Å². The summed E-state index contributed by atoms with van der Waals surface area (Å²) in [7, 11) is 0. The fraction of sp³-hybridized carbons (Fsp3) is 0.286. The van der Waals surface area contributed by atoms with Crippen LogP contribution in [0.15, 0.2) is 40.9 Å². The number of nitrogens with one attached hydrogen (secondary N) is 1. The first-order valence-corrected chi connectivity index (χ1v) is 6.12. The molecule has 2 rings (SSSR count). The second-order valence-electron chi connectivity index (χ2n) is 4.55. The molecule has 0 radical (unpaired) electrons. The molecule has 0 aliphatic rings. The number of carbonyl (C=O) groups is 1. The first-order chi connectivity index (χ1) is 9.08. The minimum Gasteiger partial charge on any atom is -0.338 e. The monoisotopic (exact) mass is 259 g/mol. The van der Waals surface area contributed by atoms with Crippen LogP contribution in [-0.2, 0) is 4.79 Å². The summed E-state index contributed by atoms with van der Waals surface area (Å²) in [6, 6.07) is 10.8. The predicted octanol–water partition coefficient (Wildman–Crippen LogP) is 2.26. The smallest absolute Gasteiger partial charge is 0.231 e. The van der Waals surface area contributed by atoms with E-state index in [1.165, 1.54) is 0 Å². The fourth-order valence-corrected chi connectivity index (χ4v) is 1.78. The van der Waals surface area contributed by atoms with Gasteiger partial charge in [-0.15, -0.1) is 0 Å². The third-order valence-electron chi connectivity index (χ3n) is 3.01. The van der Waals surface area contributed by atoms with Gasteiger partial charge >= 0.3 is 0 Å². The fourth-order valence-electron chi connectivity index (χ4n) is 1.78. The summed E-state index contributed by atoms with van der Waals surface area (Å²) in [4.78, 5) is 12.1. The Morgan fingerprint density at radius 1 is 1.37 bits per heavy atom. The molecule has 1 aromatic carbocycles. The molecule has 19 heavy (non-hydrogen) atoms. The maximum absolute atomic E-state index is 12.1. The van der Waals surface area contributed by atoms with Gasteiger partial charge in [-0.2, -0.15) is 0 Å². The van der Waals surface area contributed by atoms with Crippen molar-refractivity contribution in [2.24, 2.45) is 11.7 Å². The first-order valence-electron chi connectivity index (χ1n) is 6.12. The summed E-state index contributed by atoms with van der Waals surface area (Å²) in [5.74, 6) is -0.213. The molecule has 0 aliphatic heterocycles. The lowest BCUT2D eigenvalue weighted by Gasteiger charge is -2.18. The Kier molecular flexibility index (Phi) is 3.97. The second-order valence-corrected chi connectivity index (χ2v) is 4.55. The number of hydrogen-bond donors (Lipinski definition) is 2. The average molecular weight is 259 g/mol. The minimum atomic E-state index is -0.368. The topological polar surface area (TPSA) is 81.2 Å². The van der Waals surface area contributed by atoms with Crippen molar-refractivity contribution in [1.29, 1.82) is 0 Å². The molecule has 1 heterocycles. The van der Waals surface area contributed by atoms with Gasteiger partial charge < -0.3 is 10.3 Å². The van der Waals surface area contributed by atoms with Crippen molar-refractivity contribution in [3.8, 4) is 0 Å². The maximum atomic E-state index is 12.1. The average Bonchev–Trinajstić information content (AvgIpc) is 2.83. The molecule has 0 fully saturated rings. The number of nitrogens with zero attached hydrogens (tertiary/aromatic N) is 1. The summed E-state index contributed by atoms with van der Waals surface area (Å²) in [5, 5.41) is 6.38. The van der Waals surface area contributed by atoms with Crippen LogP contribution in [0, 0.1) is 12.8 Å². The van der Waals surface area contributed by atoms with Crippen molar-refractivity contribution in [3.05, 3.63) is 47.7 Å². The number of aromatic nitrogens is 1. The Hall–Kier alpha value is -2.14. The number of benzene rings is 1. The molecular formula is C14H17N3O2. The number of amides is 1. The molecule has 0 saturated carbocycles. The van der Waals surface area contributed by atoms with Crippen molar-refractivity contribution >= 4 is 11.8 Å². The number of anilines is 1. The van der Waals surface area contributed by atoms with Gasteiger partial charge in [0.1, 0.15) is 0 Å². The molecule has 1 aromatic heterocycles. The molecule has 1 amide bonds. The predicted molar refractivity (Wildman–Crippen MR) is 72.4 cm³/mol. The Morgan fingerprint density at radius 2 is 2.05 bits per heavy atom. The lowest BCUT2D eigenvalue weighted by Crippen LogP contribution is -2.30. The van der Waals surface area contributed by atoms with Gasteiger partial charge in [0.25, 0.3) is 0 Å². The van der Waals surface area contributed by atoms with Crippen LogP contribution in [0.5, 0.6) is 0 Å². The van der Waals surface area contributed by atoms with Crippen LogP contribution < -0.4 is 11.1 Å². The summed E-state index contributed by atoms with van der Waals surface area (Å²) in [6.07, 6.45) is 0. The molecule has 3 N–H and O–H groups in total. The van der Waals surface area contributed by atoms with E-state index in [0.29, 0.717) is 5.88 Å². The number of rotatable bonds is 4. The lowest BCUT2D eigenvalue weighted by molar-refractivity contribution is -0.120. The molecule has 100 valence electrons. The number of nitrogens with two attached hydrogens (primary N) is 1. The molecule has 0 aliphatic carbocycles. The van der Waals surface area contributed by atoms with Crippen LogP contribution in [0.3, 0.4) is 0 Å². The summed E-state index contributed by atoms with van der Waals surface area (Å²) >= 11 is 0. The van der Waals surface area contributed by atoms with Crippen LogP contribution in [0.2, 0.25) is 0 Å². The van der Waals surface area contributed by atoms with Crippen LogP contribution in [-0.4, -0.2) is 11.1 Å². The van der Waals surface area contributed by atoms with Crippen LogP contribution in [0.1, 0.15) is 24.2 Å². The van der Waals surface area contributed by atoms with E-state index in [-0.39, 0.29) is 17.9 Å². The van der Waals surface area contributed by atoms with Crippen molar-refractivity contribution in [2.75, 3.05) is 5.32 Å². The van der Waals surface area contributed by atoms with Gasteiger partial charge in [0.05, 0.1) is 11.6 Å². The number of carbonyl (C=O) groups excluding carboxylic acids is 1. The number of aryl methyl sites for hydroxylation is 1. The van der Waals surface area contributed by atoms with Crippen molar-refractivity contribution < 1.29 is 9.32 Å². The Balaban J connectivity index is 2.03. The molecule has 2 atom stereocenters. The molecule has 5 heteroatoms. The second kappa shape index (κ2) is 5.67. The Labute approximate surface area is 111 Å². The van der Waals surface area contributed by atoms with Gasteiger partial charge in [0.2, 0.25) is 11.8 Å². The van der Waals surface area contributed by atoms with E-state index >= 15 is 0 Å². The van der Waals surface area contributed by atoms with Gasteiger partial charge in [-0.05, 0) is 12.5 Å². The van der Waals surface area contributed by atoms with E-state index in [2.05, 4.69) is 10.5 Å². The third kappa shape index (κ3) is 3.20. The van der Waals surface area contributed by atoms with E-state index in [1.54, 1.807) is 19.9 Å². The standard InChI is InChI=1S/C14H17N3O2/c1-9-8-12(19-17-9)16-14(18)10(2)13(15)11-6-4-3-5-7-11/h3-8,10,13H,15H2,1-2H3,(H,16,18). The van der Waals surface area contributed by atoms with E-state index in [4.69, 9.17) is 10.3 Å². The number of hydrogen-bond acceptors (Lipinski definition) is 4. The van der Waals surface area contributed by atoms with E-state index in [9.17, 15) is 4.79 Å².